The fourth-order valence-electron chi connectivity index (χ4n) is 1.05. The van der Waals surface area contributed by atoms with Gasteiger partial charge < -0.3 is 15.2 Å². The van der Waals surface area contributed by atoms with Gasteiger partial charge in [-0.05, 0) is 86.8 Å². The van der Waals surface area contributed by atoms with E-state index in [9.17, 15) is 14.7 Å². The first-order valence-corrected chi connectivity index (χ1v) is 7.72. The zero-order valence-electron chi connectivity index (χ0n) is 8.59. The Balaban J connectivity index is 3.01. The van der Waals surface area contributed by atoms with Crippen molar-refractivity contribution >= 4 is 79.6 Å². The highest BCUT2D eigenvalue weighted by molar-refractivity contribution is 14.1. The van der Waals surface area contributed by atoms with Crippen molar-refractivity contribution in [3.63, 3.8) is 0 Å². The molecule has 0 spiro atoms. The number of carboxylic acid groups (broad SMARTS) is 1. The van der Waals surface area contributed by atoms with Crippen LogP contribution in [0.2, 0.25) is 0 Å². The number of carboxylic acids is 1. The van der Waals surface area contributed by atoms with Crippen molar-refractivity contribution in [3.8, 4) is 0 Å². The normalized spacial score (nSPS) is 12.0. The molecule has 1 unspecified atom stereocenters. The van der Waals surface area contributed by atoms with E-state index in [4.69, 9.17) is 0 Å². The SMILES string of the molecule is CC(NC(=O)c1cc(I)cc(I)c1I)C(=O)[O-]. The van der Waals surface area contributed by atoms with Crippen LogP contribution in [0.1, 0.15) is 17.3 Å². The van der Waals surface area contributed by atoms with E-state index in [0.717, 1.165) is 10.7 Å². The quantitative estimate of drug-likeness (QED) is 0.442. The zero-order chi connectivity index (χ0) is 13.2. The monoisotopic (exact) mass is 570 g/mol. The van der Waals surface area contributed by atoms with Crippen molar-refractivity contribution in [2.24, 2.45) is 0 Å². The molecule has 4 nitrogen and oxygen atoms in total. The summed E-state index contributed by atoms with van der Waals surface area (Å²) in [7, 11) is 0. The van der Waals surface area contributed by atoms with Gasteiger partial charge in [0, 0.05) is 10.7 Å². The molecule has 0 saturated heterocycles. The van der Waals surface area contributed by atoms with Gasteiger partial charge in [0.2, 0.25) is 0 Å². The second kappa shape index (κ2) is 6.50. The van der Waals surface area contributed by atoms with Gasteiger partial charge in [-0.2, -0.15) is 0 Å². The Bertz CT molecular complexity index is 476. The molecule has 0 aliphatic heterocycles. The average Bonchev–Trinajstić information content (AvgIpc) is 2.22. The number of carbonyl (C=O) groups is 2. The zero-order valence-corrected chi connectivity index (χ0v) is 15.1. The van der Waals surface area contributed by atoms with E-state index in [2.05, 4.69) is 73.1 Å². The molecular weight excluding hydrogens is 563 g/mol. The lowest BCUT2D eigenvalue weighted by molar-refractivity contribution is -0.307. The van der Waals surface area contributed by atoms with Crippen LogP contribution in [0.25, 0.3) is 0 Å². The third-order valence-corrected chi connectivity index (χ3v) is 5.61. The molecule has 1 aromatic rings. The number of rotatable bonds is 3. The van der Waals surface area contributed by atoms with E-state index >= 15 is 0 Å². The van der Waals surface area contributed by atoms with Crippen LogP contribution in [0.4, 0.5) is 0 Å². The van der Waals surface area contributed by atoms with Gasteiger partial charge in [0.1, 0.15) is 0 Å². The molecule has 0 fully saturated rings. The fourth-order valence-corrected chi connectivity index (χ4v) is 3.46. The first-order valence-electron chi connectivity index (χ1n) is 4.49. The van der Waals surface area contributed by atoms with E-state index < -0.39 is 17.9 Å². The minimum Gasteiger partial charge on any atom is -0.548 e. The Hall–Kier alpha value is 0.350. The maximum absolute atomic E-state index is 11.9. The molecule has 0 bridgehead atoms. The van der Waals surface area contributed by atoms with Crippen molar-refractivity contribution in [2.45, 2.75) is 13.0 Å². The topological polar surface area (TPSA) is 69.2 Å². The molecule has 1 N–H and O–H groups in total. The summed E-state index contributed by atoms with van der Waals surface area (Å²) in [5, 5.41) is 12.9. The van der Waals surface area contributed by atoms with E-state index in [0.29, 0.717) is 5.56 Å². The minimum atomic E-state index is -1.30. The van der Waals surface area contributed by atoms with Crippen molar-refractivity contribution < 1.29 is 14.7 Å². The largest absolute Gasteiger partial charge is 0.548 e. The molecule has 0 aliphatic carbocycles. The maximum atomic E-state index is 11.9. The fraction of sp³-hybridized carbons (Fsp3) is 0.200. The molecule has 1 atom stereocenters. The number of amides is 1. The second-order valence-corrected chi connectivity index (χ2v) is 6.75. The first kappa shape index (κ1) is 15.4. The van der Waals surface area contributed by atoms with Crippen LogP contribution in [0, 0.1) is 10.7 Å². The molecule has 17 heavy (non-hydrogen) atoms. The van der Waals surface area contributed by atoms with Crippen molar-refractivity contribution in [1.82, 2.24) is 5.32 Å². The van der Waals surface area contributed by atoms with Crippen LogP contribution in [-0.4, -0.2) is 17.9 Å². The number of benzene rings is 1. The summed E-state index contributed by atoms with van der Waals surface area (Å²) in [5.74, 6) is -1.70. The first-order chi connectivity index (χ1) is 7.82. The molecule has 1 aromatic carbocycles. The number of hydrogen-bond acceptors (Lipinski definition) is 3. The van der Waals surface area contributed by atoms with Gasteiger partial charge in [0.05, 0.1) is 17.6 Å². The molecule has 0 saturated carbocycles. The van der Waals surface area contributed by atoms with Crippen LogP contribution in [-0.2, 0) is 4.79 Å². The third-order valence-electron chi connectivity index (χ3n) is 1.94. The van der Waals surface area contributed by atoms with Crippen LogP contribution < -0.4 is 10.4 Å². The molecule has 0 heterocycles. The summed E-state index contributed by atoms with van der Waals surface area (Å²) >= 11 is 6.31. The van der Waals surface area contributed by atoms with Gasteiger partial charge in [-0.1, -0.05) is 0 Å². The summed E-state index contributed by atoms with van der Waals surface area (Å²) < 4.78 is 2.70. The minimum absolute atomic E-state index is 0.400. The van der Waals surface area contributed by atoms with Crippen molar-refractivity contribution in [2.75, 3.05) is 0 Å². The van der Waals surface area contributed by atoms with Crippen molar-refractivity contribution in [3.05, 3.63) is 28.4 Å². The number of hydrogen-bond donors (Lipinski definition) is 1. The number of nitrogens with one attached hydrogen (secondary N) is 1. The lowest BCUT2D eigenvalue weighted by Gasteiger charge is -2.15. The Morgan fingerprint density at radius 1 is 1.29 bits per heavy atom. The predicted octanol–water partition coefficient (Wildman–Crippen LogP) is 1.37. The molecule has 0 aromatic heterocycles. The molecule has 92 valence electrons. The van der Waals surface area contributed by atoms with Gasteiger partial charge in [0.25, 0.3) is 5.91 Å². The summed E-state index contributed by atoms with van der Waals surface area (Å²) in [4.78, 5) is 22.4. The molecule has 0 radical (unpaired) electrons. The van der Waals surface area contributed by atoms with E-state index in [1.54, 1.807) is 6.07 Å². The Morgan fingerprint density at radius 3 is 2.41 bits per heavy atom. The van der Waals surface area contributed by atoms with Gasteiger partial charge in [-0.3, -0.25) is 4.79 Å². The highest BCUT2D eigenvalue weighted by atomic mass is 127. The summed E-state index contributed by atoms with van der Waals surface area (Å²) in [6, 6.07) is 2.66. The Morgan fingerprint density at radius 2 is 1.88 bits per heavy atom. The Labute approximate surface area is 139 Å². The predicted molar refractivity (Wildman–Crippen MR) is 86.5 cm³/mol. The molecular formula is C10H7I3NO3-. The number of carbonyl (C=O) groups excluding carboxylic acids is 2. The van der Waals surface area contributed by atoms with E-state index in [-0.39, 0.29) is 0 Å². The van der Waals surface area contributed by atoms with Gasteiger partial charge in [-0.15, -0.1) is 0 Å². The molecule has 1 rings (SSSR count). The summed E-state index contributed by atoms with van der Waals surface area (Å²) in [5.41, 5.74) is 0.481. The highest BCUT2D eigenvalue weighted by Gasteiger charge is 2.15. The van der Waals surface area contributed by atoms with E-state index in [1.807, 2.05) is 6.07 Å². The average molecular weight is 570 g/mol. The van der Waals surface area contributed by atoms with Gasteiger partial charge in [-0.25, -0.2) is 0 Å². The highest BCUT2D eigenvalue weighted by Crippen LogP contribution is 2.22. The van der Waals surface area contributed by atoms with Crippen LogP contribution in [0.3, 0.4) is 0 Å². The summed E-state index contributed by atoms with van der Waals surface area (Å²) in [6.45, 7) is 1.37. The Kier molecular flexibility index (Phi) is 5.89. The standard InChI is InChI=1S/C10H8I3NO3/c1-4(10(16)17)14-9(15)6-2-5(11)3-7(12)8(6)13/h2-4H,1H3,(H,14,15)(H,16,17)/p-1. The number of halogens is 3. The van der Waals surface area contributed by atoms with Gasteiger partial charge in [0.15, 0.2) is 0 Å². The summed E-state index contributed by atoms with van der Waals surface area (Å²) in [6.07, 6.45) is 0. The van der Waals surface area contributed by atoms with Crippen LogP contribution >= 0.6 is 67.8 Å². The smallest absolute Gasteiger partial charge is 0.252 e. The molecule has 7 heteroatoms. The van der Waals surface area contributed by atoms with Gasteiger partial charge >= 0.3 is 0 Å². The third kappa shape index (κ3) is 4.19. The lowest BCUT2D eigenvalue weighted by atomic mass is 10.2. The van der Waals surface area contributed by atoms with Crippen LogP contribution in [0.5, 0.6) is 0 Å². The lowest BCUT2D eigenvalue weighted by Crippen LogP contribution is -2.46. The second-order valence-electron chi connectivity index (χ2n) is 3.26. The van der Waals surface area contributed by atoms with Crippen molar-refractivity contribution in [1.29, 1.82) is 0 Å². The number of aliphatic carboxylic acids is 1. The van der Waals surface area contributed by atoms with Crippen LogP contribution in [0.15, 0.2) is 12.1 Å². The molecule has 1 amide bonds. The maximum Gasteiger partial charge on any atom is 0.252 e. The van der Waals surface area contributed by atoms with E-state index in [1.165, 1.54) is 6.92 Å². The molecule has 0 aliphatic rings.